The quantitative estimate of drug-likeness (QED) is 0.891. The number of benzene rings is 1. The number of piperidine rings is 1. The molecule has 1 aliphatic rings. The Balaban J connectivity index is 1.94. The van der Waals surface area contributed by atoms with Crippen LogP contribution in [0.15, 0.2) is 30.3 Å². The molecule has 0 bridgehead atoms. The molecule has 0 amide bonds. The highest BCUT2D eigenvalue weighted by atomic mass is 16.5. The molecule has 2 aromatic rings. The van der Waals surface area contributed by atoms with Crippen molar-refractivity contribution in [3.05, 3.63) is 35.9 Å². The maximum absolute atomic E-state index is 9.22. The van der Waals surface area contributed by atoms with Crippen LogP contribution >= 0.6 is 0 Å². The lowest BCUT2D eigenvalue weighted by atomic mass is 10.1. The minimum absolute atomic E-state index is 0.106. The van der Waals surface area contributed by atoms with Gasteiger partial charge >= 0.3 is 0 Å². The van der Waals surface area contributed by atoms with Crippen molar-refractivity contribution in [2.24, 2.45) is 0 Å². The van der Waals surface area contributed by atoms with E-state index in [0.29, 0.717) is 11.4 Å². The molecule has 3 rings (SSSR count). The Labute approximate surface area is 112 Å². The Morgan fingerprint density at radius 3 is 3.05 bits per heavy atom. The molecule has 1 aromatic heterocycles. The summed E-state index contributed by atoms with van der Waals surface area (Å²) in [5.74, 6) is 0.454. The zero-order valence-corrected chi connectivity index (χ0v) is 10.6. The molecule has 19 heavy (non-hydrogen) atoms. The van der Waals surface area contributed by atoms with E-state index in [1.807, 2.05) is 30.3 Å². The SMILES string of the molecule is N#Cc1cc2ccccc2nc1OC1CCCNC1. The molecule has 1 aromatic carbocycles. The molecule has 0 spiro atoms. The summed E-state index contributed by atoms with van der Waals surface area (Å²) in [6.07, 6.45) is 2.21. The van der Waals surface area contributed by atoms with E-state index in [2.05, 4.69) is 16.4 Å². The van der Waals surface area contributed by atoms with Crippen molar-refractivity contribution in [1.82, 2.24) is 10.3 Å². The molecule has 1 atom stereocenters. The first-order chi connectivity index (χ1) is 9.36. The lowest BCUT2D eigenvalue weighted by Crippen LogP contribution is -2.37. The first-order valence-corrected chi connectivity index (χ1v) is 6.54. The monoisotopic (exact) mass is 253 g/mol. The standard InChI is InChI=1S/C15H15N3O/c16-9-12-8-11-4-1-2-6-14(11)18-15(12)19-13-5-3-7-17-10-13/h1-2,4,6,8,13,17H,3,5,7,10H2. The van der Waals surface area contributed by atoms with Crippen molar-refractivity contribution < 1.29 is 4.74 Å². The van der Waals surface area contributed by atoms with Crippen LogP contribution in [0.4, 0.5) is 0 Å². The van der Waals surface area contributed by atoms with Crippen LogP contribution in [-0.4, -0.2) is 24.2 Å². The minimum atomic E-state index is 0.106. The number of nitrogens with one attached hydrogen (secondary N) is 1. The van der Waals surface area contributed by atoms with Crippen LogP contribution in [0.25, 0.3) is 10.9 Å². The maximum atomic E-state index is 9.22. The van der Waals surface area contributed by atoms with Crippen molar-refractivity contribution in [3.8, 4) is 11.9 Å². The van der Waals surface area contributed by atoms with Crippen LogP contribution in [0, 0.1) is 11.3 Å². The van der Waals surface area contributed by atoms with Gasteiger partial charge in [-0.2, -0.15) is 5.26 Å². The highest BCUT2D eigenvalue weighted by Gasteiger charge is 2.17. The zero-order valence-electron chi connectivity index (χ0n) is 10.6. The fourth-order valence-corrected chi connectivity index (χ4v) is 2.35. The summed E-state index contributed by atoms with van der Waals surface area (Å²) in [4.78, 5) is 4.47. The molecule has 1 fully saturated rings. The number of fused-ring (bicyclic) bond motifs is 1. The normalized spacial score (nSPS) is 19.0. The van der Waals surface area contributed by atoms with E-state index < -0.39 is 0 Å². The first-order valence-electron chi connectivity index (χ1n) is 6.54. The fourth-order valence-electron chi connectivity index (χ4n) is 2.35. The summed E-state index contributed by atoms with van der Waals surface area (Å²) in [6, 6.07) is 11.8. The number of pyridine rings is 1. The average Bonchev–Trinajstić information content (AvgIpc) is 2.47. The highest BCUT2D eigenvalue weighted by molar-refractivity contribution is 5.80. The smallest absolute Gasteiger partial charge is 0.232 e. The lowest BCUT2D eigenvalue weighted by molar-refractivity contribution is 0.160. The maximum Gasteiger partial charge on any atom is 0.232 e. The predicted molar refractivity (Wildman–Crippen MR) is 73.0 cm³/mol. The molecule has 0 radical (unpaired) electrons. The van der Waals surface area contributed by atoms with E-state index in [0.717, 1.165) is 36.8 Å². The first kappa shape index (κ1) is 11.9. The van der Waals surface area contributed by atoms with Crippen LogP contribution in [0.1, 0.15) is 18.4 Å². The van der Waals surface area contributed by atoms with Crippen molar-refractivity contribution in [2.75, 3.05) is 13.1 Å². The molecule has 1 unspecified atom stereocenters. The van der Waals surface area contributed by atoms with Gasteiger partial charge in [-0.1, -0.05) is 18.2 Å². The van der Waals surface area contributed by atoms with Crippen LogP contribution < -0.4 is 10.1 Å². The zero-order chi connectivity index (χ0) is 13.1. The van der Waals surface area contributed by atoms with Crippen molar-refractivity contribution in [2.45, 2.75) is 18.9 Å². The third-order valence-electron chi connectivity index (χ3n) is 3.34. The number of nitriles is 1. The molecule has 0 saturated carbocycles. The van der Waals surface area contributed by atoms with Crippen LogP contribution in [0.3, 0.4) is 0 Å². The largest absolute Gasteiger partial charge is 0.472 e. The van der Waals surface area contributed by atoms with E-state index in [4.69, 9.17) is 4.74 Å². The number of rotatable bonds is 2. The number of nitrogens with zero attached hydrogens (tertiary/aromatic N) is 2. The Morgan fingerprint density at radius 2 is 2.26 bits per heavy atom. The van der Waals surface area contributed by atoms with Gasteiger partial charge in [-0.15, -0.1) is 0 Å². The molecule has 0 aliphatic carbocycles. The molecule has 1 saturated heterocycles. The van der Waals surface area contributed by atoms with Gasteiger partial charge in [0.05, 0.1) is 5.52 Å². The van der Waals surface area contributed by atoms with Gasteiger partial charge in [0, 0.05) is 11.9 Å². The third-order valence-corrected chi connectivity index (χ3v) is 3.34. The number of ether oxygens (including phenoxy) is 1. The summed E-state index contributed by atoms with van der Waals surface area (Å²) in [5.41, 5.74) is 1.37. The second kappa shape index (κ2) is 5.25. The molecular formula is C15H15N3O. The van der Waals surface area contributed by atoms with Crippen LogP contribution in [-0.2, 0) is 0 Å². The average molecular weight is 253 g/mol. The van der Waals surface area contributed by atoms with E-state index in [-0.39, 0.29) is 6.10 Å². The van der Waals surface area contributed by atoms with E-state index in [1.165, 1.54) is 0 Å². The van der Waals surface area contributed by atoms with Crippen molar-refractivity contribution >= 4 is 10.9 Å². The minimum Gasteiger partial charge on any atom is -0.472 e. The Morgan fingerprint density at radius 1 is 1.37 bits per heavy atom. The number of para-hydroxylation sites is 1. The topological polar surface area (TPSA) is 57.9 Å². The number of hydrogen-bond donors (Lipinski definition) is 1. The molecule has 1 N–H and O–H groups in total. The summed E-state index contributed by atoms with van der Waals surface area (Å²) < 4.78 is 5.89. The Hall–Kier alpha value is -2.12. The lowest BCUT2D eigenvalue weighted by Gasteiger charge is -2.23. The van der Waals surface area contributed by atoms with Crippen LogP contribution in [0.2, 0.25) is 0 Å². The predicted octanol–water partition coefficient (Wildman–Crippen LogP) is 2.24. The second-order valence-corrected chi connectivity index (χ2v) is 4.73. The van der Waals surface area contributed by atoms with E-state index in [1.54, 1.807) is 0 Å². The molecular weight excluding hydrogens is 238 g/mol. The van der Waals surface area contributed by atoms with Gasteiger partial charge in [0.2, 0.25) is 5.88 Å². The third kappa shape index (κ3) is 2.51. The Bertz CT molecular complexity index is 627. The Kier molecular flexibility index (Phi) is 3.30. The summed E-state index contributed by atoms with van der Waals surface area (Å²) in [6.45, 7) is 1.86. The summed E-state index contributed by atoms with van der Waals surface area (Å²) in [5, 5.41) is 13.5. The highest BCUT2D eigenvalue weighted by Crippen LogP contribution is 2.23. The second-order valence-electron chi connectivity index (χ2n) is 4.73. The van der Waals surface area contributed by atoms with Gasteiger partial charge in [-0.25, -0.2) is 4.98 Å². The van der Waals surface area contributed by atoms with Gasteiger partial charge in [-0.05, 0) is 31.5 Å². The summed E-state index contributed by atoms with van der Waals surface area (Å²) in [7, 11) is 0. The fraction of sp³-hybridized carbons (Fsp3) is 0.333. The van der Waals surface area contributed by atoms with Crippen LogP contribution in [0.5, 0.6) is 5.88 Å². The van der Waals surface area contributed by atoms with E-state index >= 15 is 0 Å². The van der Waals surface area contributed by atoms with Gasteiger partial charge in [0.1, 0.15) is 17.7 Å². The van der Waals surface area contributed by atoms with Crippen molar-refractivity contribution in [1.29, 1.82) is 5.26 Å². The van der Waals surface area contributed by atoms with Gasteiger partial charge in [0.15, 0.2) is 0 Å². The van der Waals surface area contributed by atoms with Gasteiger partial charge in [0.25, 0.3) is 0 Å². The molecule has 2 heterocycles. The molecule has 1 aliphatic heterocycles. The molecule has 4 heteroatoms. The summed E-state index contributed by atoms with van der Waals surface area (Å²) >= 11 is 0. The number of hydrogen-bond acceptors (Lipinski definition) is 4. The molecule has 4 nitrogen and oxygen atoms in total. The number of aromatic nitrogens is 1. The van der Waals surface area contributed by atoms with E-state index in [9.17, 15) is 5.26 Å². The van der Waals surface area contributed by atoms with Gasteiger partial charge in [-0.3, -0.25) is 0 Å². The van der Waals surface area contributed by atoms with Crippen molar-refractivity contribution in [3.63, 3.8) is 0 Å². The molecule has 96 valence electrons. The van der Waals surface area contributed by atoms with Gasteiger partial charge < -0.3 is 10.1 Å².